The van der Waals surface area contributed by atoms with Crippen LogP contribution in [0.1, 0.15) is 10.4 Å². The number of amides is 1. The molecule has 2 aromatic rings. The van der Waals surface area contributed by atoms with Gasteiger partial charge in [-0.2, -0.15) is 0 Å². The molecule has 0 fully saturated rings. The zero-order valence-electron chi connectivity index (χ0n) is 12.5. The number of sulfonamides is 1. The second-order valence-electron chi connectivity index (χ2n) is 4.56. The molecule has 0 aliphatic rings. The lowest BCUT2D eigenvalue weighted by Gasteiger charge is -2.12. The van der Waals surface area contributed by atoms with Gasteiger partial charge in [-0.1, -0.05) is 22.0 Å². The first-order chi connectivity index (χ1) is 10.9. The van der Waals surface area contributed by atoms with E-state index in [1.165, 1.54) is 32.4 Å². The van der Waals surface area contributed by atoms with Crippen LogP contribution in [-0.4, -0.2) is 28.5 Å². The van der Waals surface area contributed by atoms with Gasteiger partial charge >= 0.3 is 0 Å². The van der Waals surface area contributed by atoms with Crippen LogP contribution < -0.4 is 14.8 Å². The number of hydrogen-bond donors (Lipinski definition) is 2. The highest BCUT2D eigenvalue weighted by Gasteiger charge is 2.19. The summed E-state index contributed by atoms with van der Waals surface area (Å²) < 4.78 is 33.3. The number of benzene rings is 2. The van der Waals surface area contributed by atoms with E-state index in [1.807, 2.05) is 0 Å². The Morgan fingerprint density at radius 1 is 1.17 bits per heavy atom. The number of hydrogen-bond acceptors (Lipinski definition) is 4. The first-order valence-electron chi connectivity index (χ1n) is 6.56. The maximum atomic E-state index is 12.5. The maximum Gasteiger partial charge on any atom is 0.261 e. The second-order valence-corrected chi connectivity index (χ2v) is 7.16. The minimum atomic E-state index is -3.83. The van der Waals surface area contributed by atoms with Crippen LogP contribution in [0, 0.1) is 0 Å². The summed E-state index contributed by atoms with van der Waals surface area (Å²) in [5.74, 6) is -0.132. The van der Waals surface area contributed by atoms with Crippen LogP contribution in [0.2, 0.25) is 0 Å². The van der Waals surface area contributed by atoms with E-state index in [-0.39, 0.29) is 10.5 Å². The number of carbonyl (C=O) groups excluding carboxylic acids is 1. The molecule has 0 aliphatic carbocycles. The van der Waals surface area contributed by atoms with E-state index in [9.17, 15) is 13.2 Å². The van der Waals surface area contributed by atoms with Crippen LogP contribution in [0.25, 0.3) is 0 Å². The van der Waals surface area contributed by atoms with Gasteiger partial charge in [-0.25, -0.2) is 8.42 Å². The van der Waals surface area contributed by atoms with Gasteiger partial charge in [0.15, 0.2) is 0 Å². The molecule has 0 aromatic heterocycles. The number of halogens is 1. The molecule has 1 amide bonds. The fraction of sp³-hybridized carbons (Fsp3) is 0.133. The standard InChI is InChI=1S/C15H15BrN2O4S/c1-17-15(19)13-9-12(6-7-14(13)22-2)23(20,21)18-11-5-3-4-10(16)8-11/h3-9,18H,1-2H3,(H,17,19). The predicted octanol–water partition coefficient (Wildman–Crippen LogP) is 2.62. The highest BCUT2D eigenvalue weighted by atomic mass is 79.9. The van der Waals surface area contributed by atoms with Gasteiger partial charge < -0.3 is 10.1 Å². The number of anilines is 1. The van der Waals surface area contributed by atoms with Crippen molar-refractivity contribution in [3.63, 3.8) is 0 Å². The summed E-state index contributed by atoms with van der Waals surface area (Å²) in [4.78, 5) is 11.8. The van der Waals surface area contributed by atoms with E-state index in [4.69, 9.17) is 4.74 Å². The number of rotatable bonds is 5. The molecule has 0 unspecified atom stereocenters. The van der Waals surface area contributed by atoms with Crippen molar-refractivity contribution in [1.29, 1.82) is 0 Å². The second kappa shape index (κ2) is 7.01. The molecule has 0 saturated heterocycles. The van der Waals surface area contributed by atoms with Gasteiger partial charge in [0, 0.05) is 17.2 Å². The fourth-order valence-electron chi connectivity index (χ4n) is 1.93. The van der Waals surface area contributed by atoms with Gasteiger partial charge in [-0.3, -0.25) is 9.52 Å². The molecule has 0 heterocycles. The van der Waals surface area contributed by atoms with Crippen molar-refractivity contribution in [2.75, 3.05) is 18.9 Å². The Balaban J connectivity index is 2.42. The summed E-state index contributed by atoms with van der Waals surface area (Å²) in [5, 5.41) is 2.45. The van der Waals surface area contributed by atoms with Gasteiger partial charge in [-0.15, -0.1) is 0 Å². The Morgan fingerprint density at radius 3 is 2.52 bits per heavy atom. The zero-order chi connectivity index (χ0) is 17.0. The van der Waals surface area contributed by atoms with Crippen LogP contribution in [0.15, 0.2) is 51.8 Å². The summed E-state index contributed by atoms with van der Waals surface area (Å²) in [7, 11) is -0.952. The summed E-state index contributed by atoms with van der Waals surface area (Å²) in [6.45, 7) is 0. The van der Waals surface area contributed by atoms with Crippen molar-refractivity contribution in [2.45, 2.75) is 4.90 Å². The number of nitrogens with one attached hydrogen (secondary N) is 2. The van der Waals surface area contributed by atoms with E-state index in [0.29, 0.717) is 11.4 Å². The molecule has 0 saturated carbocycles. The molecule has 0 spiro atoms. The van der Waals surface area contributed by atoms with Crippen molar-refractivity contribution < 1.29 is 17.9 Å². The lowest BCUT2D eigenvalue weighted by molar-refractivity contribution is 0.0960. The maximum absolute atomic E-state index is 12.5. The van der Waals surface area contributed by atoms with Crippen LogP contribution in [-0.2, 0) is 10.0 Å². The molecule has 23 heavy (non-hydrogen) atoms. The predicted molar refractivity (Wildman–Crippen MR) is 91.3 cm³/mol. The Hall–Kier alpha value is -2.06. The molecule has 0 aliphatic heterocycles. The molecule has 2 rings (SSSR count). The van der Waals surface area contributed by atoms with E-state index >= 15 is 0 Å². The van der Waals surface area contributed by atoms with Crippen LogP contribution in [0.3, 0.4) is 0 Å². The van der Waals surface area contributed by atoms with Gasteiger partial charge in [0.1, 0.15) is 5.75 Å². The first kappa shape index (κ1) is 17.3. The summed E-state index contributed by atoms with van der Waals surface area (Å²) in [6.07, 6.45) is 0. The summed E-state index contributed by atoms with van der Waals surface area (Å²) in [5.41, 5.74) is 0.559. The van der Waals surface area contributed by atoms with E-state index in [2.05, 4.69) is 26.0 Å². The Kier molecular flexibility index (Phi) is 5.27. The average Bonchev–Trinajstić information content (AvgIpc) is 2.53. The molecular weight excluding hydrogens is 384 g/mol. The number of carbonyl (C=O) groups is 1. The van der Waals surface area contributed by atoms with Crippen molar-refractivity contribution in [2.24, 2.45) is 0 Å². The smallest absolute Gasteiger partial charge is 0.261 e. The molecular formula is C15H15BrN2O4S. The van der Waals surface area contributed by atoms with Gasteiger partial charge in [0.2, 0.25) is 0 Å². The fourth-order valence-corrected chi connectivity index (χ4v) is 3.41. The average molecular weight is 399 g/mol. The van der Waals surface area contributed by atoms with Crippen molar-refractivity contribution in [3.05, 3.63) is 52.5 Å². The molecule has 122 valence electrons. The number of ether oxygens (including phenoxy) is 1. The van der Waals surface area contributed by atoms with Crippen LogP contribution >= 0.6 is 15.9 Å². The molecule has 6 nitrogen and oxygen atoms in total. The SMILES string of the molecule is CNC(=O)c1cc(S(=O)(=O)Nc2cccc(Br)c2)ccc1OC. The van der Waals surface area contributed by atoms with Crippen molar-refractivity contribution in [3.8, 4) is 5.75 Å². The summed E-state index contributed by atoms with van der Waals surface area (Å²) in [6, 6.07) is 10.9. The minimum Gasteiger partial charge on any atom is -0.496 e. The molecule has 8 heteroatoms. The Morgan fingerprint density at radius 2 is 1.91 bits per heavy atom. The lowest BCUT2D eigenvalue weighted by Crippen LogP contribution is -2.20. The van der Waals surface area contributed by atoms with Gasteiger partial charge in [0.25, 0.3) is 15.9 Å². The Bertz CT molecular complexity index is 837. The monoisotopic (exact) mass is 398 g/mol. The molecule has 2 N–H and O–H groups in total. The quantitative estimate of drug-likeness (QED) is 0.810. The molecule has 2 aromatic carbocycles. The molecule has 0 bridgehead atoms. The third kappa shape index (κ3) is 4.02. The lowest BCUT2D eigenvalue weighted by atomic mass is 10.2. The van der Waals surface area contributed by atoms with E-state index in [1.54, 1.807) is 24.3 Å². The summed E-state index contributed by atoms with van der Waals surface area (Å²) >= 11 is 3.28. The third-order valence-corrected chi connectivity index (χ3v) is 4.90. The topological polar surface area (TPSA) is 84.5 Å². The largest absolute Gasteiger partial charge is 0.496 e. The number of methoxy groups -OCH3 is 1. The third-order valence-electron chi connectivity index (χ3n) is 3.03. The normalized spacial score (nSPS) is 10.9. The van der Waals surface area contributed by atoms with E-state index in [0.717, 1.165) is 4.47 Å². The minimum absolute atomic E-state index is 0.0307. The van der Waals surface area contributed by atoms with Crippen LogP contribution in [0.5, 0.6) is 5.75 Å². The molecule has 0 radical (unpaired) electrons. The van der Waals surface area contributed by atoms with Crippen molar-refractivity contribution in [1.82, 2.24) is 5.32 Å². The van der Waals surface area contributed by atoms with Crippen molar-refractivity contribution >= 4 is 37.5 Å². The first-order valence-corrected chi connectivity index (χ1v) is 8.83. The Labute approximate surface area is 143 Å². The zero-order valence-corrected chi connectivity index (χ0v) is 14.9. The highest BCUT2D eigenvalue weighted by Crippen LogP contribution is 2.25. The van der Waals surface area contributed by atoms with Gasteiger partial charge in [0.05, 0.1) is 17.6 Å². The van der Waals surface area contributed by atoms with E-state index < -0.39 is 15.9 Å². The van der Waals surface area contributed by atoms with Gasteiger partial charge in [-0.05, 0) is 36.4 Å². The van der Waals surface area contributed by atoms with Crippen LogP contribution in [0.4, 0.5) is 5.69 Å². The highest BCUT2D eigenvalue weighted by molar-refractivity contribution is 9.10. The molecule has 0 atom stereocenters.